The summed E-state index contributed by atoms with van der Waals surface area (Å²) in [6.07, 6.45) is 9.75. The standard InChI is InChI=1S/C15H20FN/c16-15-11-12(5-4-10-17)8-9-14(15)13-6-2-1-3-7-13/h4-5,8-9,11,13H,1-3,6-7,10,17H2/b5-4+. The molecule has 0 saturated heterocycles. The monoisotopic (exact) mass is 233 g/mol. The first-order valence-corrected chi connectivity index (χ1v) is 6.47. The van der Waals surface area contributed by atoms with E-state index in [0.717, 1.165) is 24.0 Å². The molecule has 0 unspecified atom stereocenters. The zero-order valence-electron chi connectivity index (χ0n) is 10.2. The maximum atomic E-state index is 14.0. The molecule has 0 heterocycles. The molecule has 0 bridgehead atoms. The largest absolute Gasteiger partial charge is 0.327 e. The SMILES string of the molecule is NC/C=C/c1ccc(C2CCCCC2)c(F)c1. The molecule has 0 radical (unpaired) electrons. The lowest BCUT2D eigenvalue weighted by Crippen LogP contribution is -2.06. The van der Waals surface area contributed by atoms with E-state index in [1.54, 1.807) is 6.07 Å². The van der Waals surface area contributed by atoms with Crippen LogP contribution in [0, 0.1) is 5.82 Å². The third-order valence-corrected chi connectivity index (χ3v) is 3.52. The third kappa shape index (κ3) is 3.16. The number of halogens is 1. The molecular weight excluding hydrogens is 213 g/mol. The van der Waals surface area contributed by atoms with Gasteiger partial charge in [0, 0.05) is 6.54 Å². The summed E-state index contributed by atoms with van der Waals surface area (Å²) in [6, 6.07) is 5.55. The van der Waals surface area contributed by atoms with E-state index in [2.05, 4.69) is 0 Å². The van der Waals surface area contributed by atoms with Gasteiger partial charge < -0.3 is 5.73 Å². The van der Waals surface area contributed by atoms with E-state index >= 15 is 0 Å². The lowest BCUT2D eigenvalue weighted by Gasteiger charge is -2.22. The van der Waals surface area contributed by atoms with Crippen LogP contribution in [0.2, 0.25) is 0 Å². The molecule has 17 heavy (non-hydrogen) atoms. The lowest BCUT2D eigenvalue weighted by molar-refractivity contribution is 0.429. The van der Waals surface area contributed by atoms with Crippen molar-refractivity contribution in [2.45, 2.75) is 38.0 Å². The molecule has 1 fully saturated rings. The molecule has 0 spiro atoms. The third-order valence-electron chi connectivity index (χ3n) is 3.52. The molecule has 1 aliphatic carbocycles. The minimum absolute atomic E-state index is 0.0592. The van der Waals surface area contributed by atoms with Gasteiger partial charge in [0.2, 0.25) is 0 Å². The molecule has 0 amide bonds. The summed E-state index contributed by atoms with van der Waals surface area (Å²) in [5.74, 6) is 0.368. The van der Waals surface area contributed by atoms with E-state index < -0.39 is 0 Å². The van der Waals surface area contributed by atoms with Gasteiger partial charge in [0.05, 0.1) is 0 Å². The van der Waals surface area contributed by atoms with Crippen molar-refractivity contribution in [3.8, 4) is 0 Å². The van der Waals surface area contributed by atoms with E-state index in [9.17, 15) is 4.39 Å². The molecule has 1 saturated carbocycles. The topological polar surface area (TPSA) is 26.0 Å². The fourth-order valence-corrected chi connectivity index (χ4v) is 2.60. The highest BCUT2D eigenvalue weighted by Crippen LogP contribution is 2.34. The summed E-state index contributed by atoms with van der Waals surface area (Å²) in [7, 11) is 0. The lowest BCUT2D eigenvalue weighted by atomic mass is 9.83. The van der Waals surface area contributed by atoms with E-state index in [4.69, 9.17) is 5.73 Å². The van der Waals surface area contributed by atoms with Gasteiger partial charge in [-0.1, -0.05) is 43.5 Å². The molecule has 2 N–H and O–H groups in total. The Hall–Kier alpha value is -1.15. The smallest absolute Gasteiger partial charge is 0.127 e. The zero-order chi connectivity index (χ0) is 12.1. The summed E-state index contributed by atoms with van der Waals surface area (Å²) in [4.78, 5) is 0. The van der Waals surface area contributed by atoms with Crippen molar-refractivity contribution in [2.75, 3.05) is 6.54 Å². The number of hydrogen-bond donors (Lipinski definition) is 1. The molecular formula is C15H20FN. The van der Waals surface area contributed by atoms with Crippen molar-refractivity contribution in [3.63, 3.8) is 0 Å². The average molecular weight is 233 g/mol. The predicted octanol–water partition coefficient (Wildman–Crippen LogP) is 3.85. The van der Waals surface area contributed by atoms with Crippen LogP contribution in [0.5, 0.6) is 0 Å². The van der Waals surface area contributed by atoms with Crippen LogP contribution >= 0.6 is 0 Å². The van der Waals surface area contributed by atoms with Gasteiger partial charge >= 0.3 is 0 Å². The second-order valence-electron chi connectivity index (χ2n) is 4.75. The van der Waals surface area contributed by atoms with Gasteiger partial charge in [0.15, 0.2) is 0 Å². The molecule has 2 heteroatoms. The summed E-state index contributed by atoms with van der Waals surface area (Å²) >= 11 is 0. The first-order valence-electron chi connectivity index (χ1n) is 6.47. The van der Waals surface area contributed by atoms with Crippen molar-refractivity contribution in [1.29, 1.82) is 0 Å². The highest BCUT2D eigenvalue weighted by molar-refractivity contribution is 5.50. The second-order valence-corrected chi connectivity index (χ2v) is 4.75. The highest BCUT2D eigenvalue weighted by Gasteiger charge is 2.18. The summed E-state index contributed by atoms with van der Waals surface area (Å²) in [6.45, 7) is 0.492. The Morgan fingerprint density at radius 1 is 1.24 bits per heavy atom. The molecule has 92 valence electrons. The molecule has 1 nitrogen and oxygen atoms in total. The Balaban J connectivity index is 2.15. The fourth-order valence-electron chi connectivity index (χ4n) is 2.60. The van der Waals surface area contributed by atoms with Crippen LogP contribution in [0.1, 0.15) is 49.1 Å². The Kier molecular flexibility index (Phi) is 4.32. The van der Waals surface area contributed by atoms with Gasteiger partial charge in [0.25, 0.3) is 0 Å². The number of nitrogens with two attached hydrogens (primary N) is 1. The Labute approximate surface area is 103 Å². The van der Waals surface area contributed by atoms with Crippen LogP contribution in [0.4, 0.5) is 4.39 Å². The van der Waals surface area contributed by atoms with Gasteiger partial charge in [-0.2, -0.15) is 0 Å². The maximum Gasteiger partial charge on any atom is 0.127 e. The average Bonchev–Trinajstić information content (AvgIpc) is 2.37. The first-order chi connectivity index (χ1) is 8.31. The van der Waals surface area contributed by atoms with Crippen molar-refractivity contribution < 1.29 is 4.39 Å². The molecule has 0 atom stereocenters. The maximum absolute atomic E-state index is 14.0. The van der Waals surface area contributed by atoms with Crippen LogP contribution < -0.4 is 5.73 Å². The summed E-state index contributed by atoms with van der Waals surface area (Å²) in [5, 5.41) is 0. The van der Waals surface area contributed by atoms with Crippen molar-refractivity contribution >= 4 is 6.08 Å². The zero-order valence-corrected chi connectivity index (χ0v) is 10.2. The van der Waals surface area contributed by atoms with Crippen LogP contribution in [0.3, 0.4) is 0 Å². The van der Waals surface area contributed by atoms with Crippen molar-refractivity contribution in [2.24, 2.45) is 5.73 Å². The predicted molar refractivity (Wildman–Crippen MR) is 70.3 cm³/mol. The minimum atomic E-state index is -0.0592. The number of rotatable bonds is 3. The van der Waals surface area contributed by atoms with Crippen molar-refractivity contribution in [3.05, 3.63) is 41.2 Å². The van der Waals surface area contributed by atoms with E-state index in [1.165, 1.54) is 19.3 Å². The van der Waals surface area contributed by atoms with Gasteiger partial charge in [-0.15, -0.1) is 0 Å². The van der Waals surface area contributed by atoms with E-state index in [-0.39, 0.29) is 5.82 Å². The van der Waals surface area contributed by atoms with Crippen LogP contribution in [-0.4, -0.2) is 6.54 Å². The summed E-state index contributed by atoms with van der Waals surface area (Å²) < 4.78 is 14.0. The van der Waals surface area contributed by atoms with Gasteiger partial charge in [-0.05, 0) is 36.0 Å². The summed E-state index contributed by atoms with van der Waals surface area (Å²) in [5.41, 5.74) is 7.17. The van der Waals surface area contributed by atoms with E-state index in [0.29, 0.717) is 12.5 Å². The van der Waals surface area contributed by atoms with Crippen LogP contribution in [0.15, 0.2) is 24.3 Å². The molecule has 0 aliphatic heterocycles. The van der Waals surface area contributed by atoms with Crippen LogP contribution in [0.25, 0.3) is 6.08 Å². The molecule has 1 aromatic carbocycles. The van der Waals surface area contributed by atoms with E-state index in [1.807, 2.05) is 24.3 Å². The highest BCUT2D eigenvalue weighted by atomic mass is 19.1. The minimum Gasteiger partial charge on any atom is -0.327 e. The molecule has 2 rings (SSSR count). The first kappa shape index (κ1) is 12.3. The molecule has 1 aromatic rings. The number of benzene rings is 1. The number of hydrogen-bond acceptors (Lipinski definition) is 1. The van der Waals surface area contributed by atoms with Gasteiger partial charge in [0.1, 0.15) is 5.82 Å². The fraction of sp³-hybridized carbons (Fsp3) is 0.467. The Bertz CT molecular complexity index is 392. The molecule has 1 aliphatic rings. The second kappa shape index (κ2) is 5.97. The van der Waals surface area contributed by atoms with Crippen molar-refractivity contribution in [1.82, 2.24) is 0 Å². The Morgan fingerprint density at radius 2 is 2.00 bits per heavy atom. The van der Waals surface area contributed by atoms with Gasteiger partial charge in [-0.25, -0.2) is 4.39 Å². The van der Waals surface area contributed by atoms with Gasteiger partial charge in [-0.3, -0.25) is 0 Å². The van der Waals surface area contributed by atoms with Crippen LogP contribution in [-0.2, 0) is 0 Å². The molecule has 0 aromatic heterocycles. The normalized spacial score (nSPS) is 17.8. The quantitative estimate of drug-likeness (QED) is 0.843. The Morgan fingerprint density at radius 3 is 2.65 bits per heavy atom.